The normalized spacial score (nSPS) is 12.3. The predicted octanol–water partition coefficient (Wildman–Crippen LogP) is 2.33. The molecule has 2 rings (SSSR count). The van der Waals surface area contributed by atoms with Gasteiger partial charge in [-0.2, -0.15) is 5.10 Å². The molecule has 0 saturated heterocycles. The average molecular weight is 315 g/mol. The summed E-state index contributed by atoms with van der Waals surface area (Å²) in [7, 11) is 0. The minimum atomic E-state index is -0.319. The number of nitrogens with zero attached hydrogens (tertiary/aromatic N) is 1. The van der Waals surface area contributed by atoms with Crippen LogP contribution in [0.4, 0.5) is 0 Å². The molecule has 124 valence electrons. The molecule has 23 heavy (non-hydrogen) atoms. The van der Waals surface area contributed by atoms with Crippen LogP contribution in [0.5, 0.6) is 0 Å². The molecule has 1 aromatic carbocycles. The largest absolute Gasteiger partial charge is 0.394 e. The summed E-state index contributed by atoms with van der Waals surface area (Å²) in [6.45, 7) is 4.23. The van der Waals surface area contributed by atoms with E-state index in [-0.39, 0.29) is 18.6 Å². The van der Waals surface area contributed by atoms with Crippen LogP contribution in [-0.2, 0) is 12.8 Å². The molecular formula is C18H25N3O2. The van der Waals surface area contributed by atoms with E-state index in [1.807, 2.05) is 30.3 Å². The minimum Gasteiger partial charge on any atom is -0.394 e. The Morgan fingerprint density at radius 3 is 2.70 bits per heavy atom. The summed E-state index contributed by atoms with van der Waals surface area (Å²) in [6.07, 6.45) is 2.52. The van der Waals surface area contributed by atoms with Crippen molar-refractivity contribution in [3.63, 3.8) is 0 Å². The van der Waals surface area contributed by atoms with Crippen molar-refractivity contribution in [1.29, 1.82) is 0 Å². The second-order valence-corrected chi connectivity index (χ2v) is 6.25. The Kier molecular flexibility index (Phi) is 6.35. The number of carbonyl (C=O) groups is 1. The van der Waals surface area contributed by atoms with Gasteiger partial charge in [-0.25, -0.2) is 0 Å². The zero-order valence-electron chi connectivity index (χ0n) is 13.7. The molecule has 0 bridgehead atoms. The fraction of sp³-hybridized carbons (Fsp3) is 0.444. The molecular weight excluding hydrogens is 290 g/mol. The molecule has 3 N–H and O–H groups in total. The third-order valence-corrected chi connectivity index (χ3v) is 3.74. The summed E-state index contributed by atoms with van der Waals surface area (Å²) in [4.78, 5) is 12.3. The highest BCUT2D eigenvalue weighted by atomic mass is 16.3. The third kappa shape index (κ3) is 5.53. The van der Waals surface area contributed by atoms with Gasteiger partial charge in [-0.05, 0) is 36.8 Å². The summed E-state index contributed by atoms with van der Waals surface area (Å²) in [6, 6.07) is 11.3. The van der Waals surface area contributed by atoms with Crippen molar-refractivity contribution in [3.8, 4) is 0 Å². The van der Waals surface area contributed by atoms with E-state index >= 15 is 0 Å². The van der Waals surface area contributed by atoms with Crippen molar-refractivity contribution in [2.24, 2.45) is 5.92 Å². The Balaban J connectivity index is 1.91. The number of hydrogen-bond donors (Lipinski definition) is 3. The summed E-state index contributed by atoms with van der Waals surface area (Å²) >= 11 is 0. The van der Waals surface area contributed by atoms with Crippen LogP contribution in [0.3, 0.4) is 0 Å². The van der Waals surface area contributed by atoms with Crippen molar-refractivity contribution in [2.45, 2.75) is 39.2 Å². The van der Waals surface area contributed by atoms with Crippen LogP contribution >= 0.6 is 0 Å². The van der Waals surface area contributed by atoms with Gasteiger partial charge in [0.1, 0.15) is 5.69 Å². The number of aryl methyl sites for hydroxylation is 1. The molecule has 0 radical (unpaired) electrons. The molecule has 0 aliphatic heterocycles. The van der Waals surface area contributed by atoms with Gasteiger partial charge < -0.3 is 10.4 Å². The highest BCUT2D eigenvalue weighted by molar-refractivity contribution is 5.92. The lowest BCUT2D eigenvalue weighted by Crippen LogP contribution is -2.39. The Morgan fingerprint density at radius 1 is 1.30 bits per heavy atom. The summed E-state index contributed by atoms with van der Waals surface area (Å²) in [5, 5.41) is 19.3. The molecule has 1 atom stereocenters. The smallest absolute Gasteiger partial charge is 0.272 e. The van der Waals surface area contributed by atoms with Gasteiger partial charge in [0.25, 0.3) is 5.91 Å². The topological polar surface area (TPSA) is 78.0 Å². The number of aromatic amines is 1. The maximum atomic E-state index is 12.3. The second-order valence-electron chi connectivity index (χ2n) is 6.25. The number of aromatic nitrogens is 2. The molecule has 2 aromatic rings. The van der Waals surface area contributed by atoms with E-state index in [0.717, 1.165) is 24.1 Å². The van der Waals surface area contributed by atoms with E-state index in [9.17, 15) is 9.90 Å². The fourth-order valence-electron chi connectivity index (χ4n) is 2.37. The molecule has 5 heteroatoms. The molecule has 5 nitrogen and oxygen atoms in total. The van der Waals surface area contributed by atoms with Crippen LogP contribution in [0.15, 0.2) is 36.4 Å². The van der Waals surface area contributed by atoms with Crippen molar-refractivity contribution in [3.05, 3.63) is 53.3 Å². The first-order valence-electron chi connectivity index (χ1n) is 8.08. The summed E-state index contributed by atoms with van der Waals surface area (Å²) in [5.74, 6) is 0.354. The van der Waals surface area contributed by atoms with Gasteiger partial charge in [-0.15, -0.1) is 0 Å². The zero-order valence-corrected chi connectivity index (χ0v) is 13.7. The Bertz CT molecular complexity index is 608. The number of aliphatic hydroxyl groups is 1. The first kappa shape index (κ1) is 17.2. The minimum absolute atomic E-state index is 0.106. The molecule has 0 spiro atoms. The highest BCUT2D eigenvalue weighted by Crippen LogP contribution is 2.09. The Morgan fingerprint density at radius 2 is 2.04 bits per heavy atom. The standard InChI is InChI=1S/C18H25N3O2/c1-13(2)8-9-15-11-17(21-20-15)18(23)19-16(12-22)10-14-6-4-3-5-7-14/h3-7,11,13,16,22H,8-10,12H2,1-2H3,(H,19,23)(H,20,21)/t16-/m0/s1. The van der Waals surface area contributed by atoms with E-state index < -0.39 is 0 Å². The maximum absolute atomic E-state index is 12.3. The summed E-state index contributed by atoms with van der Waals surface area (Å²) < 4.78 is 0. The van der Waals surface area contributed by atoms with E-state index in [4.69, 9.17) is 0 Å². The third-order valence-electron chi connectivity index (χ3n) is 3.74. The van der Waals surface area contributed by atoms with Gasteiger partial charge in [-0.1, -0.05) is 44.2 Å². The zero-order chi connectivity index (χ0) is 16.7. The van der Waals surface area contributed by atoms with Crippen LogP contribution in [0.25, 0.3) is 0 Å². The van der Waals surface area contributed by atoms with Gasteiger partial charge >= 0.3 is 0 Å². The van der Waals surface area contributed by atoms with Crippen molar-refractivity contribution in [1.82, 2.24) is 15.5 Å². The first-order valence-corrected chi connectivity index (χ1v) is 8.08. The van der Waals surface area contributed by atoms with Gasteiger partial charge in [0.15, 0.2) is 0 Å². The maximum Gasteiger partial charge on any atom is 0.272 e. The molecule has 0 saturated carbocycles. The number of hydrogen-bond acceptors (Lipinski definition) is 3. The van der Waals surface area contributed by atoms with Gasteiger partial charge in [0.2, 0.25) is 0 Å². The fourth-order valence-corrected chi connectivity index (χ4v) is 2.37. The number of benzene rings is 1. The number of H-pyrrole nitrogens is 1. The van der Waals surface area contributed by atoms with E-state index in [2.05, 4.69) is 29.4 Å². The van der Waals surface area contributed by atoms with Gasteiger partial charge in [0, 0.05) is 5.69 Å². The van der Waals surface area contributed by atoms with Crippen LogP contribution < -0.4 is 5.32 Å². The number of aliphatic hydroxyl groups excluding tert-OH is 1. The molecule has 0 aliphatic carbocycles. The van der Waals surface area contributed by atoms with E-state index in [1.165, 1.54) is 0 Å². The van der Waals surface area contributed by atoms with Crippen molar-refractivity contribution >= 4 is 5.91 Å². The van der Waals surface area contributed by atoms with Gasteiger partial charge in [-0.3, -0.25) is 9.89 Å². The van der Waals surface area contributed by atoms with E-state index in [1.54, 1.807) is 6.07 Å². The molecule has 0 aliphatic rings. The molecule has 1 amide bonds. The lowest BCUT2D eigenvalue weighted by atomic mass is 10.1. The average Bonchev–Trinajstić information content (AvgIpc) is 3.02. The van der Waals surface area contributed by atoms with Crippen LogP contribution in [-0.4, -0.2) is 33.9 Å². The lowest BCUT2D eigenvalue weighted by Gasteiger charge is -2.15. The number of carbonyl (C=O) groups excluding carboxylic acids is 1. The Labute approximate surface area is 137 Å². The van der Waals surface area contributed by atoms with Crippen LogP contribution in [0.2, 0.25) is 0 Å². The Hall–Kier alpha value is -2.14. The molecule has 0 unspecified atom stereocenters. The predicted molar refractivity (Wildman–Crippen MR) is 90.2 cm³/mol. The highest BCUT2D eigenvalue weighted by Gasteiger charge is 2.16. The van der Waals surface area contributed by atoms with Gasteiger partial charge in [0.05, 0.1) is 12.6 Å². The number of nitrogens with one attached hydrogen (secondary N) is 2. The summed E-state index contributed by atoms with van der Waals surface area (Å²) in [5.41, 5.74) is 2.41. The van der Waals surface area contributed by atoms with Crippen LogP contribution in [0.1, 0.15) is 42.0 Å². The molecule has 0 fully saturated rings. The SMILES string of the molecule is CC(C)CCc1cc(C(=O)N[C@H](CO)Cc2ccccc2)n[nH]1. The quantitative estimate of drug-likeness (QED) is 0.699. The lowest BCUT2D eigenvalue weighted by molar-refractivity contribution is 0.0911. The number of amides is 1. The monoisotopic (exact) mass is 315 g/mol. The van der Waals surface area contributed by atoms with Crippen molar-refractivity contribution < 1.29 is 9.90 Å². The number of rotatable bonds is 8. The second kappa shape index (κ2) is 8.48. The van der Waals surface area contributed by atoms with E-state index in [0.29, 0.717) is 18.0 Å². The van der Waals surface area contributed by atoms with Crippen molar-refractivity contribution in [2.75, 3.05) is 6.61 Å². The molecule has 1 aromatic heterocycles. The van der Waals surface area contributed by atoms with Crippen LogP contribution in [0, 0.1) is 5.92 Å². The first-order chi connectivity index (χ1) is 11.1. The molecule has 1 heterocycles.